The van der Waals surface area contributed by atoms with E-state index in [9.17, 15) is 22.8 Å². The molecule has 1 aromatic heterocycles. The van der Waals surface area contributed by atoms with E-state index in [1.165, 1.54) is 12.1 Å². The molecule has 1 N–H and O–H groups in total. The fourth-order valence-corrected chi connectivity index (χ4v) is 6.56. The van der Waals surface area contributed by atoms with E-state index >= 15 is 0 Å². The summed E-state index contributed by atoms with van der Waals surface area (Å²) in [5.41, 5.74) is 1.52. The molecule has 3 aliphatic rings. The molecule has 3 heterocycles. The Bertz CT molecular complexity index is 1270. The molecule has 162 valence electrons. The molecule has 2 aromatic rings. The van der Waals surface area contributed by atoms with Crippen molar-refractivity contribution in [2.45, 2.75) is 37.0 Å². The summed E-state index contributed by atoms with van der Waals surface area (Å²) < 4.78 is 26.1. The van der Waals surface area contributed by atoms with Gasteiger partial charge in [0.05, 0.1) is 11.3 Å². The van der Waals surface area contributed by atoms with Crippen LogP contribution < -0.4 is 5.56 Å². The van der Waals surface area contributed by atoms with Crippen LogP contribution in [0.15, 0.2) is 34.0 Å². The molecule has 0 radical (unpaired) electrons. The lowest BCUT2D eigenvalue weighted by molar-refractivity contribution is -0.130. The van der Waals surface area contributed by atoms with Gasteiger partial charge in [-0.05, 0) is 37.8 Å². The first-order valence-electron chi connectivity index (χ1n) is 10.3. The minimum absolute atomic E-state index is 0.00936. The van der Waals surface area contributed by atoms with Crippen LogP contribution in [0.3, 0.4) is 0 Å². The zero-order chi connectivity index (χ0) is 21.9. The molecule has 31 heavy (non-hydrogen) atoms. The van der Waals surface area contributed by atoms with E-state index in [0.29, 0.717) is 30.9 Å². The Kier molecular flexibility index (Phi) is 4.51. The number of aryl methyl sites for hydroxylation is 1. The number of H-pyrrole nitrogens is 1. The highest BCUT2D eigenvalue weighted by atomic mass is 32.2. The molecule has 9 nitrogen and oxygen atoms in total. The van der Waals surface area contributed by atoms with Crippen LogP contribution in [0.4, 0.5) is 0 Å². The van der Waals surface area contributed by atoms with Crippen molar-refractivity contribution in [3.63, 3.8) is 0 Å². The van der Waals surface area contributed by atoms with Gasteiger partial charge in [-0.25, -0.2) is 17.7 Å². The molecule has 1 aromatic carbocycles. The number of hydrogen-bond acceptors (Lipinski definition) is 6. The third kappa shape index (κ3) is 3.08. The van der Waals surface area contributed by atoms with Crippen molar-refractivity contribution < 1.29 is 18.0 Å². The van der Waals surface area contributed by atoms with Crippen molar-refractivity contribution in [3.05, 3.63) is 57.3 Å². The van der Waals surface area contributed by atoms with Crippen LogP contribution >= 0.6 is 0 Å². The molecule has 0 unspecified atom stereocenters. The van der Waals surface area contributed by atoms with Gasteiger partial charge in [0.25, 0.3) is 21.5 Å². The minimum atomic E-state index is -3.92. The maximum atomic E-state index is 12.9. The van der Waals surface area contributed by atoms with Crippen molar-refractivity contribution in [2.75, 3.05) is 19.6 Å². The van der Waals surface area contributed by atoms with Crippen LogP contribution in [0.25, 0.3) is 0 Å². The summed E-state index contributed by atoms with van der Waals surface area (Å²) in [6, 6.07) is 6.08. The van der Waals surface area contributed by atoms with Crippen LogP contribution in [0, 0.1) is 12.8 Å². The van der Waals surface area contributed by atoms with Gasteiger partial charge in [0.2, 0.25) is 5.91 Å². The highest BCUT2D eigenvalue weighted by Crippen LogP contribution is 2.39. The molecule has 10 heteroatoms. The Morgan fingerprint density at radius 1 is 1.23 bits per heavy atom. The highest BCUT2D eigenvalue weighted by molar-refractivity contribution is 7.90. The summed E-state index contributed by atoms with van der Waals surface area (Å²) >= 11 is 0. The topological polar surface area (TPSA) is 121 Å². The molecule has 2 atom stereocenters. The van der Waals surface area contributed by atoms with E-state index in [2.05, 4.69) is 9.97 Å². The highest BCUT2D eigenvalue weighted by Gasteiger charge is 2.43. The van der Waals surface area contributed by atoms with Gasteiger partial charge in [0, 0.05) is 37.5 Å². The zero-order valence-electron chi connectivity index (χ0n) is 17.0. The number of fused-ring (bicyclic) bond motifs is 4. The lowest BCUT2D eigenvalue weighted by Crippen LogP contribution is -2.36. The number of sulfonamides is 1. The minimum Gasteiger partial charge on any atom is -0.342 e. The Balaban J connectivity index is 1.30. The molecule has 2 amide bonds. The van der Waals surface area contributed by atoms with Crippen LogP contribution in [-0.2, 0) is 21.2 Å². The van der Waals surface area contributed by atoms with E-state index < -0.39 is 15.9 Å². The number of carbonyl (C=O) groups excluding carboxylic acids is 2. The Morgan fingerprint density at radius 3 is 2.77 bits per heavy atom. The number of benzene rings is 1. The number of carbonyl (C=O) groups is 2. The molecule has 1 aliphatic carbocycles. The number of hydrogen-bond donors (Lipinski definition) is 1. The molecule has 1 fully saturated rings. The summed E-state index contributed by atoms with van der Waals surface area (Å²) in [6.07, 6.45) is 1.37. The molecular weight excluding hydrogens is 420 g/mol. The van der Waals surface area contributed by atoms with Crippen molar-refractivity contribution in [2.24, 2.45) is 5.92 Å². The van der Waals surface area contributed by atoms with E-state index in [1.807, 2.05) is 0 Å². The van der Waals surface area contributed by atoms with Crippen LogP contribution in [0.5, 0.6) is 0 Å². The van der Waals surface area contributed by atoms with Crippen molar-refractivity contribution >= 4 is 21.8 Å². The van der Waals surface area contributed by atoms with Gasteiger partial charge in [-0.2, -0.15) is 0 Å². The van der Waals surface area contributed by atoms with Gasteiger partial charge < -0.3 is 9.88 Å². The molecule has 0 saturated carbocycles. The van der Waals surface area contributed by atoms with Crippen molar-refractivity contribution in [1.29, 1.82) is 0 Å². The largest absolute Gasteiger partial charge is 0.342 e. The summed E-state index contributed by atoms with van der Waals surface area (Å²) in [5, 5.41) is 0. The first kappa shape index (κ1) is 19.9. The zero-order valence-corrected chi connectivity index (χ0v) is 17.8. The summed E-state index contributed by atoms with van der Waals surface area (Å²) in [4.78, 5) is 46.7. The smallest absolute Gasteiger partial charge is 0.269 e. The lowest BCUT2D eigenvalue weighted by atomic mass is 9.80. The lowest BCUT2D eigenvalue weighted by Gasteiger charge is -2.25. The van der Waals surface area contributed by atoms with Gasteiger partial charge in [0.15, 0.2) is 0 Å². The summed E-state index contributed by atoms with van der Waals surface area (Å²) in [5.74, 6) is 0.0101. The van der Waals surface area contributed by atoms with Crippen molar-refractivity contribution in [3.8, 4) is 0 Å². The SMILES string of the molecule is Cc1nc2c(c(=O)[nH]1)CC[C@@H]1CN(C(=O)CCN3C(=O)c4ccccc4S3(=O)=O)C[C@H]21. The number of aromatic amines is 1. The van der Waals surface area contributed by atoms with Gasteiger partial charge in [0.1, 0.15) is 10.7 Å². The van der Waals surface area contributed by atoms with Crippen molar-refractivity contribution in [1.82, 2.24) is 19.2 Å². The quantitative estimate of drug-likeness (QED) is 0.751. The van der Waals surface area contributed by atoms with E-state index in [4.69, 9.17) is 0 Å². The second kappa shape index (κ2) is 7.01. The molecule has 0 spiro atoms. The van der Waals surface area contributed by atoms with E-state index in [1.54, 1.807) is 24.0 Å². The summed E-state index contributed by atoms with van der Waals surface area (Å²) in [7, 11) is -3.92. The van der Waals surface area contributed by atoms with Crippen LogP contribution in [0.2, 0.25) is 0 Å². The molecule has 5 rings (SSSR count). The third-order valence-electron chi connectivity index (χ3n) is 6.52. The van der Waals surface area contributed by atoms with E-state index in [-0.39, 0.29) is 46.7 Å². The van der Waals surface area contributed by atoms with Crippen LogP contribution in [0.1, 0.15) is 46.2 Å². The first-order valence-corrected chi connectivity index (χ1v) is 11.7. The summed E-state index contributed by atoms with van der Waals surface area (Å²) in [6.45, 7) is 2.56. The van der Waals surface area contributed by atoms with Gasteiger partial charge >= 0.3 is 0 Å². The number of rotatable bonds is 3. The third-order valence-corrected chi connectivity index (χ3v) is 8.36. The first-order chi connectivity index (χ1) is 14.8. The van der Waals surface area contributed by atoms with Gasteiger partial charge in [-0.3, -0.25) is 14.4 Å². The average molecular weight is 442 g/mol. The average Bonchev–Trinajstić information content (AvgIpc) is 3.25. The predicted molar refractivity (Wildman–Crippen MR) is 110 cm³/mol. The fraction of sp³-hybridized carbons (Fsp3) is 0.429. The maximum absolute atomic E-state index is 12.9. The van der Waals surface area contributed by atoms with Gasteiger partial charge in [-0.15, -0.1) is 0 Å². The number of amides is 2. The maximum Gasteiger partial charge on any atom is 0.269 e. The van der Waals surface area contributed by atoms with Gasteiger partial charge in [-0.1, -0.05) is 12.1 Å². The number of nitrogens with one attached hydrogen (secondary N) is 1. The normalized spacial score (nSPS) is 23.5. The second-order valence-corrected chi connectivity index (χ2v) is 10.2. The Hall–Kier alpha value is -3.01. The van der Waals surface area contributed by atoms with E-state index in [0.717, 1.165) is 16.4 Å². The number of aromatic nitrogens is 2. The standard InChI is InChI=1S/C21H22N4O5S/c1-12-22-19-15(20(27)23-12)7-6-13-10-24(11-16(13)19)18(26)8-9-25-21(28)14-4-2-3-5-17(14)31(25,29)30/h2-5,13,16H,6-11H2,1H3,(H,22,23,27)/t13-,16+/m1/s1. The number of nitrogens with zero attached hydrogens (tertiary/aromatic N) is 3. The Labute approximate surface area is 179 Å². The molecule has 0 bridgehead atoms. The Morgan fingerprint density at radius 2 is 2.00 bits per heavy atom. The molecular formula is C21H22N4O5S. The fourth-order valence-electron chi connectivity index (χ4n) is 4.99. The second-order valence-electron chi connectivity index (χ2n) is 8.35. The monoisotopic (exact) mass is 442 g/mol. The number of likely N-dealkylation sites (tertiary alicyclic amines) is 1. The predicted octanol–water partition coefficient (Wildman–Crippen LogP) is 0.801. The molecule has 2 aliphatic heterocycles. The van der Waals surface area contributed by atoms with Crippen LogP contribution in [-0.4, -0.2) is 59.0 Å². The molecule has 1 saturated heterocycles.